The monoisotopic (exact) mass is 282 g/mol. The first kappa shape index (κ1) is 13.9. The lowest BCUT2D eigenvalue weighted by Crippen LogP contribution is -2.48. The van der Waals surface area contributed by atoms with Crippen molar-refractivity contribution in [2.45, 2.75) is 38.1 Å². The number of thiophene rings is 1. The molecule has 0 saturated heterocycles. The van der Waals surface area contributed by atoms with Gasteiger partial charge in [-0.1, -0.05) is 19.3 Å². The summed E-state index contributed by atoms with van der Waals surface area (Å²) in [5.41, 5.74) is 0.690. The summed E-state index contributed by atoms with van der Waals surface area (Å²) in [4.78, 5) is 23.1. The van der Waals surface area contributed by atoms with Crippen LogP contribution in [0, 0.1) is 5.92 Å². The smallest absolute Gasteiger partial charge is 0.326 e. The lowest BCUT2D eigenvalue weighted by molar-refractivity contribution is -0.141. The van der Waals surface area contributed by atoms with E-state index in [1.165, 1.54) is 11.3 Å². The summed E-state index contributed by atoms with van der Waals surface area (Å²) in [5, 5.41) is 18.1. The summed E-state index contributed by atoms with van der Waals surface area (Å²) in [6.07, 6.45) is 4.99. The van der Waals surface area contributed by atoms with Crippen molar-refractivity contribution in [2.75, 3.05) is 5.32 Å². The van der Waals surface area contributed by atoms with Crippen LogP contribution in [0.1, 0.15) is 32.1 Å². The predicted molar refractivity (Wildman–Crippen MR) is 74.5 cm³/mol. The number of carbonyl (C=O) groups is 2. The van der Waals surface area contributed by atoms with Crippen LogP contribution in [0.2, 0.25) is 0 Å². The molecule has 0 aromatic carbocycles. The SMILES string of the molecule is O=C(Nc1ccsc1)NC(C(=O)O)C1CCCCC1. The van der Waals surface area contributed by atoms with Gasteiger partial charge < -0.3 is 15.7 Å². The number of carboxylic acid groups (broad SMARTS) is 1. The van der Waals surface area contributed by atoms with Crippen LogP contribution >= 0.6 is 11.3 Å². The van der Waals surface area contributed by atoms with E-state index in [2.05, 4.69) is 10.6 Å². The standard InChI is InChI=1S/C13H18N2O3S/c16-12(17)11(9-4-2-1-3-5-9)15-13(18)14-10-6-7-19-8-10/h6-9,11H,1-5H2,(H,16,17)(H2,14,15,18). The van der Waals surface area contributed by atoms with Crippen LogP contribution in [0.4, 0.5) is 10.5 Å². The van der Waals surface area contributed by atoms with Gasteiger partial charge in [0.05, 0.1) is 5.69 Å². The van der Waals surface area contributed by atoms with Gasteiger partial charge in [0.25, 0.3) is 0 Å². The highest BCUT2D eigenvalue weighted by atomic mass is 32.1. The molecule has 1 aliphatic carbocycles. The summed E-state index contributed by atoms with van der Waals surface area (Å²) in [7, 11) is 0. The zero-order valence-corrected chi connectivity index (χ0v) is 11.4. The molecule has 2 amide bonds. The molecule has 1 aliphatic rings. The Kier molecular flexibility index (Phi) is 4.79. The molecule has 0 spiro atoms. The van der Waals surface area contributed by atoms with Gasteiger partial charge in [-0.3, -0.25) is 0 Å². The molecule has 19 heavy (non-hydrogen) atoms. The molecule has 1 heterocycles. The summed E-state index contributed by atoms with van der Waals surface area (Å²) in [5.74, 6) is -0.910. The molecule has 0 bridgehead atoms. The van der Waals surface area contributed by atoms with Crippen LogP contribution in [-0.2, 0) is 4.79 Å². The maximum Gasteiger partial charge on any atom is 0.326 e. The molecule has 6 heteroatoms. The second kappa shape index (κ2) is 6.56. The average molecular weight is 282 g/mol. The summed E-state index contributed by atoms with van der Waals surface area (Å²) >= 11 is 1.48. The highest BCUT2D eigenvalue weighted by Crippen LogP contribution is 2.26. The largest absolute Gasteiger partial charge is 0.480 e. The van der Waals surface area contributed by atoms with E-state index in [1.54, 1.807) is 11.4 Å². The van der Waals surface area contributed by atoms with Crippen molar-refractivity contribution >= 4 is 29.0 Å². The minimum atomic E-state index is -0.952. The molecule has 1 saturated carbocycles. The van der Waals surface area contributed by atoms with Gasteiger partial charge in [0, 0.05) is 5.38 Å². The molecule has 1 aromatic rings. The van der Waals surface area contributed by atoms with Gasteiger partial charge in [0.15, 0.2) is 0 Å². The van der Waals surface area contributed by atoms with E-state index >= 15 is 0 Å². The third kappa shape index (κ3) is 3.96. The van der Waals surface area contributed by atoms with Crippen molar-refractivity contribution in [3.63, 3.8) is 0 Å². The van der Waals surface area contributed by atoms with Gasteiger partial charge in [-0.05, 0) is 30.2 Å². The van der Waals surface area contributed by atoms with E-state index < -0.39 is 18.0 Å². The Balaban J connectivity index is 1.92. The molecule has 0 aliphatic heterocycles. The van der Waals surface area contributed by atoms with Crippen molar-refractivity contribution < 1.29 is 14.7 Å². The van der Waals surface area contributed by atoms with Crippen molar-refractivity contribution in [1.29, 1.82) is 0 Å². The molecule has 1 fully saturated rings. The number of hydrogen-bond donors (Lipinski definition) is 3. The van der Waals surface area contributed by atoms with E-state index in [4.69, 9.17) is 0 Å². The second-order valence-corrected chi connectivity index (χ2v) is 5.60. The predicted octanol–water partition coefficient (Wildman–Crippen LogP) is 2.90. The fourth-order valence-electron chi connectivity index (χ4n) is 2.49. The van der Waals surface area contributed by atoms with Crippen LogP contribution in [0.5, 0.6) is 0 Å². The number of carbonyl (C=O) groups excluding carboxylic acids is 1. The van der Waals surface area contributed by atoms with E-state index in [0.29, 0.717) is 5.69 Å². The van der Waals surface area contributed by atoms with Crippen molar-refractivity contribution in [3.05, 3.63) is 16.8 Å². The number of nitrogens with one attached hydrogen (secondary N) is 2. The first-order valence-corrected chi connectivity index (χ1v) is 7.43. The molecule has 3 N–H and O–H groups in total. The highest BCUT2D eigenvalue weighted by Gasteiger charge is 2.30. The van der Waals surface area contributed by atoms with Crippen LogP contribution in [0.15, 0.2) is 16.8 Å². The van der Waals surface area contributed by atoms with Gasteiger partial charge in [0.1, 0.15) is 6.04 Å². The lowest BCUT2D eigenvalue weighted by Gasteiger charge is -2.27. The summed E-state index contributed by atoms with van der Waals surface area (Å²) in [6.45, 7) is 0. The molecular formula is C13H18N2O3S. The number of aliphatic carboxylic acids is 1. The van der Waals surface area contributed by atoms with E-state index in [9.17, 15) is 14.7 Å². The highest BCUT2D eigenvalue weighted by molar-refractivity contribution is 7.08. The van der Waals surface area contributed by atoms with Gasteiger partial charge in [-0.2, -0.15) is 11.3 Å². The van der Waals surface area contributed by atoms with Crippen LogP contribution in [0.25, 0.3) is 0 Å². The normalized spacial score (nSPS) is 17.7. The maximum absolute atomic E-state index is 11.8. The zero-order chi connectivity index (χ0) is 13.7. The lowest BCUT2D eigenvalue weighted by atomic mass is 9.84. The molecule has 1 aromatic heterocycles. The van der Waals surface area contributed by atoms with E-state index in [-0.39, 0.29) is 5.92 Å². The fraction of sp³-hybridized carbons (Fsp3) is 0.538. The molecular weight excluding hydrogens is 264 g/mol. The van der Waals surface area contributed by atoms with Gasteiger partial charge in [-0.15, -0.1) is 0 Å². The maximum atomic E-state index is 11.8. The molecule has 2 rings (SSSR count). The average Bonchev–Trinajstić information content (AvgIpc) is 2.89. The topological polar surface area (TPSA) is 78.4 Å². The first-order valence-electron chi connectivity index (χ1n) is 6.49. The van der Waals surface area contributed by atoms with Crippen LogP contribution in [0.3, 0.4) is 0 Å². The fourth-order valence-corrected chi connectivity index (χ4v) is 3.08. The molecule has 5 nitrogen and oxygen atoms in total. The summed E-state index contributed by atoms with van der Waals surface area (Å²) in [6, 6.07) is 0.538. The van der Waals surface area contributed by atoms with Gasteiger partial charge in [-0.25, -0.2) is 9.59 Å². The Morgan fingerprint density at radius 1 is 1.32 bits per heavy atom. The minimum absolute atomic E-state index is 0.0412. The Bertz CT molecular complexity index is 427. The van der Waals surface area contributed by atoms with Crippen molar-refractivity contribution in [1.82, 2.24) is 5.32 Å². The number of carboxylic acids is 1. The van der Waals surface area contributed by atoms with Crippen molar-refractivity contribution in [3.8, 4) is 0 Å². The molecule has 0 radical (unpaired) electrons. The second-order valence-electron chi connectivity index (χ2n) is 4.82. The Morgan fingerprint density at radius 3 is 2.63 bits per heavy atom. The van der Waals surface area contributed by atoms with E-state index in [0.717, 1.165) is 32.1 Å². The third-order valence-electron chi connectivity index (χ3n) is 3.45. The Morgan fingerprint density at radius 2 is 2.05 bits per heavy atom. The summed E-state index contributed by atoms with van der Waals surface area (Å²) < 4.78 is 0. The molecule has 1 unspecified atom stereocenters. The third-order valence-corrected chi connectivity index (χ3v) is 4.14. The number of rotatable bonds is 4. The van der Waals surface area contributed by atoms with Crippen molar-refractivity contribution in [2.24, 2.45) is 5.92 Å². The minimum Gasteiger partial charge on any atom is -0.480 e. The molecule has 1 atom stereocenters. The number of hydrogen-bond acceptors (Lipinski definition) is 3. The van der Waals surface area contributed by atoms with Crippen LogP contribution < -0.4 is 10.6 Å². The molecule has 104 valence electrons. The first-order chi connectivity index (χ1) is 9.16. The zero-order valence-electron chi connectivity index (χ0n) is 10.6. The Hall–Kier alpha value is -1.56. The quantitative estimate of drug-likeness (QED) is 0.794. The van der Waals surface area contributed by atoms with Gasteiger partial charge >= 0.3 is 12.0 Å². The number of urea groups is 1. The number of amides is 2. The van der Waals surface area contributed by atoms with E-state index in [1.807, 2.05) is 5.38 Å². The van der Waals surface area contributed by atoms with Crippen LogP contribution in [-0.4, -0.2) is 23.1 Å². The Labute approximate surface area is 116 Å². The number of anilines is 1. The van der Waals surface area contributed by atoms with Gasteiger partial charge in [0.2, 0.25) is 0 Å².